The molecule has 0 amide bonds. The number of hydrogen-bond donors (Lipinski definition) is 1. The van der Waals surface area contributed by atoms with Crippen LogP contribution in [0.3, 0.4) is 0 Å². The lowest BCUT2D eigenvalue weighted by molar-refractivity contribution is 0.0605. The first-order valence-corrected chi connectivity index (χ1v) is 9.10. The number of nitrogens with zero attached hydrogens (tertiary/aromatic N) is 2. The third kappa shape index (κ3) is 5.40. The Morgan fingerprint density at radius 3 is 2.54 bits per heavy atom. The highest BCUT2D eigenvalue weighted by atomic mass is 19.1. The van der Waals surface area contributed by atoms with Crippen molar-refractivity contribution in [1.82, 2.24) is 9.80 Å². The standard InChI is InChI=1S/C22H25FN2O/c23-21-10-8-20(9-11-21)17-25-15-14-24(18-22(25)12-16-26)13-4-7-19-5-2-1-3-6-19/h1-3,5-6,8-11,22,26H,12-18H2/t22-/m1/s1. The van der Waals surface area contributed by atoms with E-state index in [1.54, 1.807) is 0 Å². The largest absolute Gasteiger partial charge is 0.396 e. The molecule has 2 aromatic rings. The van der Waals surface area contributed by atoms with Crippen molar-refractivity contribution in [2.24, 2.45) is 0 Å². The summed E-state index contributed by atoms with van der Waals surface area (Å²) in [5, 5.41) is 9.43. The van der Waals surface area contributed by atoms with Gasteiger partial charge in [-0.05, 0) is 36.2 Å². The van der Waals surface area contributed by atoms with E-state index >= 15 is 0 Å². The van der Waals surface area contributed by atoms with Crippen LogP contribution in [0.2, 0.25) is 0 Å². The van der Waals surface area contributed by atoms with E-state index in [0.717, 1.165) is 50.3 Å². The SMILES string of the molecule is OCC[C@@H]1CN(CC#Cc2ccccc2)CCN1Cc1ccc(F)cc1. The Morgan fingerprint density at radius 2 is 1.81 bits per heavy atom. The van der Waals surface area contributed by atoms with Crippen LogP contribution in [-0.2, 0) is 6.54 Å². The van der Waals surface area contributed by atoms with Gasteiger partial charge in [-0.3, -0.25) is 9.80 Å². The van der Waals surface area contributed by atoms with Gasteiger partial charge in [-0.2, -0.15) is 0 Å². The third-order valence-corrected chi connectivity index (χ3v) is 4.76. The molecule has 26 heavy (non-hydrogen) atoms. The predicted octanol–water partition coefficient (Wildman–Crippen LogP) is 2.75. The first-order chi connectivity index (χ1) is 12.7. The second-order valence-electron chi connectivity index (χ2n) is 6.67. The van der Waals surface area contributed by atoms with Gasteiger partial charge >= 0.3 is 0 Å². The fraction of sp³-hybridized carbons (Fsp3) is 0.364. The van der Waals surface area contributed by atoms with Crippen LogP contribution in [0.1, 0.15) is 17.5 Å². The van der Waals surface area contributed by atoms with Crippen molar-refractivity contribution < 1.29 is 9.50 Å². The van der Waals surface area contributed by atoms with Gasteiger partial charge in [-0.1, -0.05) is 42.2 Å². The Hall–Kier alpha value is -2.19. The molecular weight excluding hydrogens is 327 g/mol. The van der Waals surface area contributed by atoms with Crippen LogP contribution >= 0.6 is 0 Å². The Bertz CT molecular complexity index is 736. The van der Waals surface area contributed by atoms with Gasteiger partial charge in [-0.15, -0.1) is 0 Å². The number of aliphatic hydroxyl groups excluding tert-OH is 1. The molecule has 3 rings (SSSR count). The molecule has 1 aliphatic rings. The predicted molar refractivity (Wildman–Crippen MR) is 102 cm³/mol. The van der Waals surface area contributed by atoms with Gasteiger partial charge in [0.1, 0.15) is 5.82 Å². The van der Waals surface area contributed by atoms with Crippen molar-refractivity contribution in [3.8, 4) is 11.8 Å². The molecule has 1 fully saturated rings. The zero-order chi connectivity index (χ0) is 18.2. The second-order valence-corrected chi connectivity index (χ2v) is 6.67. The Kier molecular flexibility index (Phi) is 6.79. The highest BCUT2D eigenvalue weighted by Gasteiger charge is 2.26. The molecule has 0 radical (unpaired) electrons. The molecule has 2 aromatic carbocycles. The zero-order valence-electron chi connectivity index (χ0n) is 14.9. The number of halogens is 1. The van der Waals surface area contributed by atoms with E-state index in [2.05, 4.69) is 21.6 Å². The average molecular weight is 352 g/mol. The normalized spacial score (nSPS) is 18.3. The Balaban J connectivity index is 1.57. The average Bonchev–Trinajstić information content (AvgIpc) is 2.66. The zero-order valence-corrected chi connectivity index (χ0v) is 14.9. The van der Waals surface area contributed by atoms with E-state index in [0.29, 0.717) is 0 Å². The van der Waals surface area contributed by atoms with Gasteiger partial charge < -0.3 is 5.11 Å². The quantitative estimate of drug-likeness (QED) is 0.839. The summed E-state index contributed by atoms with van der Waals surface area (Å²) in [4.78, 5) is 4.72. The van der Waals surface area contributed by atoms with Crippen LogP contribution in [0.4, 0.5) is 4.39 Å². The minimum atomic E-state index is -0.206. The lowest BCUT2D eigenvalue weighted by Crippen LogP contribution is -2.52. The molecule has 136 valence electrons. The van der Waals surface area contributed by atoms with E-state index in [1.807, 2.05) is 42.5 Å². The maximum Gasteiger partial charge on any atom is 0.123 e. The van der Waals surface area contributed by atoms with E-state index in [4.69, 9.17) is 0 Å². The van der Waals surface area contributed by atoms with Crippen LogP contribution in [0, 0.1) is 17.7 Å². The molecular formula is C22H25FN2O. The van der Waals surface area contributed by atoms with Crippen LogP contribution in [0.15, 0.2) is 54.6 Å². The van der Waals surface area contributed by atoms with Crippen LogP contribution in [-0.4, -0.2) is 53.7 Å². The van der Waals surface area contributed by atoms with Crippen LogP contribution < -0.4 is 0 Å². The summed E-state index contributed by atoms with van der Waals surface area (Å²) in [6.07, 6.45) is 0.740. The fourth-order valence-electron chi connectivity index (χ4n) is 3.33. The summed E-state index contributed by atoms with van der Waals surface area (Å²) >= 11 is 0. The molecule has 0 saturated carbocycles. The molecule has 1 aliphatic heterocycles. The highest BCUT2D eigenvalue weighted by molar-refractivity contribution is 5.33. The molecule has 3 nitrogen and oxygen atoms in total. The number of aliphatic hydroxyl groups is 1. The van der Waals surface area contributed by atoms with Crippen molar-refractivity contribution in [3.63, 3.8) is 0 Å². The Morgan fingerprint density at radius 1 is 1.04 bits per heavy atom. The maximum absolute atomic E-state index is 13.1. The van der Waals surface area contributed by atoms with Crippen LogP contribution in [0.25, 0.3) is 0 Å². The molecule has 1 N–H and O–H groups in total. The van der Waals surface area contributed by atoms with Crippen molar-refractivity contribution >= 4 is 0 Å². The third-order valence-electron chi connectivity index (χ3n) is 4.76. The fourth-order valence-corrected chi connectivity index (χ4v) is 3.33. The molecule has 0 unspecified atom stereocenters. The van der Waals surface area contributed by atoms with Gasteiger partial charge in [0.15, 0.2) is 0 Å². The summed E-state index contributed by atoms with van der Waals surface area (Å²) in [5.74, 6) is 6.26. The summed E-state index contributed by atoms with van der Waals surface area (Å²) in [5.41, 5.74) is 2.14. The van der Waals surface area contributed by atoms with Gasteiger partial charge in [0, 0.05) is 44.4 Å². The van der Waals surface area contributed by atoms with Gasteiger partial charge in [0.05, 0.1) is 6.54 Å². The summed E-state index contributed by atoms with van der Waals surface area (Å²) < 4.78 is 13.1. The maximum atomic E-state index is 13.1. The highest BCUT2D eigenvalue weighted by Crippen LogP contribution is 2.16. The molecule has 1 heterocycles. The van der Waals surface area contributed by atoms with Crippen molar-refractivity contribution in [2.45, 2.75) is 19.0 Å². The molecule has 0 aliphatic carbocycles. The first kappa shape index (κ1) is 18.6. The smallest absolute Gasteiger partial charge is 0.123 e. The minimum Gasteiger partial charge on any atom is -0.396 e. The van der Waals surface area contributed by atoms with Gasteiger partial charge in [0.2, 0.25) is 0 Å². The number of piperazine rings is 1. The van der Waals surface area contributed by atoms with Gasteiger partial charge in [0.25, 0.3) is 0 Å². The topological polar surface area (TPSA) is 26.7 Å². The van der Waals surface area contributed by atoms with E-state index in [1.165, 1.54) is 12.1 Å². The summed E-state index contributed by atoms with van der Waals surface area (Å²) in [6, 6.07) is 17.0. The number of benzene rings is 2. The molecule has 4 heteroatoms. The molecule has 0 bridgehead atoms. The minimum absolute atomic E-state index is 0.175. The second kappa shape index (κ2) is 9.49. The lowest BCUT2D eigenvalue weighted by Gasteiger charge is -2.40. The molecule has 0 spiro atoms. The van der Waals surface area contributed by atoms with Crippen molar-refractivity contribution in [2.75, 3.05) is 32.8 Å². The molecule has 1 saturated heterocycles. The van der Waals surface area contributed by atoms with Crippen LogP contribution in [0.5, 0.6) is 0 Å². The van der Waals surface area contributed by atoms with E-state index in [-0.39, 0.29) is 18.5 Å². The van der Waals surface area contributed by atoms with Crippen molar-refractivity contribution in [3.05, 3.63) is 71.5 Å². The number of hydrogen-bond acceptors (Lipinski definition) is 3. The van der Waals surface area contributed by atoms with Crippen molar-refractivity contribution in [1.29, 1.82) is 0 Å². The van der Waals surface area contributed by atoms with E-state index in [9.17, 15) is 9.50 Å². The first-order valence-electron chi connectivity index (χ1n) is 9.10. The summed E-state index contributed by atoms with van der Waals surface area (Å²) in [6.45, 7) is 4.47. The van der Waals surface area contributed by atoms with E-state index < -0.39 is 0 Å². The monoisotopic (exact) mass is 352 g/mol. The lowest BCUT2D eigenvalue weighted by atomic mass is 10.1. The molecule has 1 atom stereocenters. The summed E-state index contributed by atoms with van der Waals surface area (Å²) in [7, 11) is 0. The van der Waals surface area contributed by atoms with Gasteiger partial charge in [-0.25, -0.2) is 4.39 Å². The molecule has 0 aromatic heterocycles. The Labute approximate surface area is 155 Å². The number of rotatable bonds is 5.